The zero-order valence-electron chi connectivity index (χ0n) is 24.9. The summed E-state index contributed by atoms with van der Waals surface area (Å²) in [6.45, 7) is 0. The Balaban J connectivity index is 1.34. The first-order chi connectivity index (χ1) is 23.6. The Hall–Kier alpha value is -5.38. The van der Waals surface area contributed by atoms with Gasteiger partial charge in [-0.2, -0.15) is 0 Å². The highest BCUT2D eigenvalue weighted by Gasteiger charge is 2.43. The number of benzene rings is 6. The van der Waals surface area contributed by atoms with Crippen LogP contribution in [0.4, 0.5) is 17.6 Å². The predicted octanol–water partition coefficient (Wildman–Crippen LogP) is 7.25. The van der Waals surface area contributed by atoms with Crippen molar-refractivity contribution < 1.29 is 30.2 Å². The lowest BCUT2D eigenvalue weighted by molar-refractivity contribution is 0.581. The summed E-state index contributed by atoms with van der Waals surface area (Å²) in [5.74, 6) is -3.21. The standard InChI is InChI=1S/C40H18F4O3S2/c41-23-9-21(10-24(42)17-23)35-29-13-19-16-32-30(14-20(19)15-31(29)37-27-5-1-3-7-33(27)48(45)39(35)37)36(22-11-25(43)18-26(44)12-22)40-38(32)28-6-2-4-8-34(28)49(40,46)47/h1-18H. The number of allylic oxidation sites excluding steroid dienone is 2. The van der Waals surface area contributed by atoms with Gasteiger partial charge in [-0.3, -0.25) is 0 Å². The van der Waals surface area contributed by atoms with Crippen LogP contribution in [0.15, 0.2) is 129 Å². The quantitative estimate of drug-likeness (QED) is 0.181. The van der Waals surface area contributed by atoms with Gasteiger partial charge in [-0.15, -0.1) is 0 Å². The molecule has 2 aliphatic carbocycles. The van der Waals surface area contributed by atoms with Crippen LogP contribution in [0.3, 0.4) is 0 Å². The normalized spacial score (nSPS) is 17.8. The third-order valence-electron chi connectivity index (χ3n) is 9.66. The number of halogens is 4. The van der Waals surface area contributed by atoms with E-state index in [1.165, 1.54) is 18.2 Å². The largest absolute Gasteiger partial charge is 0.249 e. The number of hydrogen-bond donors (Lipinski definition) is 0. The summed E-state index contributed by atoms with van der Waals surface area (Å²) in [7, 11) is -5.70. The van der Waals surface area contributed by atoms with Crippen molar-refractivity contribution in [3.05, 3.63) is 186 Å². The van der Waals surface area contributed by atoms with Crippen molar-refractivity contribution in [1.29, 1.82) is 0 Å². The summed E-state index contributed by atoms with van der Waals surface area (Å²) in [6, 6.07) is 27.5. The molecule has 6 aromatic rings. The van der Waals surface area contributed by atoms with Crippen molar-refractivity contribution in [2.24, 2.45) is 0 Å². The van der Waals surface area contributed by atoms with E-state index in [9.17, 15) is 30.2 Å². The monoisotopic (exact) mass is 686 g/mol. The third kappa shape index (κ3) is 3.77. The molecule has 10 rings (SSSR count). The Labute approximate surface area is 278 Å². The average molecular weight is 687 g/mol. The van der Waals surface area contributed by atoms with Crippen molar-refractivity contribution in [2.45, 2.75) is 9.79 Å². The van der Waals surface area contributed by atoms with Gasteiger partial charge in [0.2, 0.25) is 9.84 Å². The van der Waals surface area contributed by atoms with E-state index in [0.717, 1.165) is 29.8 Å². The maximum absolute atomic E-state index is 14.7. The first kappa shape index (κ1) is 28.6. The highest BCUT2D eigenvalue weighted by Crippen LogP contribution is 2.51. The lowest BCUT2D eigenvalue weighted by Gasteiger charge is -2.12. The Morgan fingerprint density at radius 3 is 1.63 bits per heavy atom. The fraction of sp³-hybridized carbons (Fsp3) is 0. The van der Waals surface area contributed by atoms with E-state index < -0.39 is 43.9 Å². The van der Waals surface area contributed by atoms with Gasteiger partial charge < -0.3 is 0 Å². The first-order valence-corrected chi connectivity index (χ1v) is 17.9. The van der Waals surface area contributed by atoms with Crippen LogP contribution in [0.2, 0.25) is 0 Å². The summed E-state index contributed by atoms with van der Waals surface area (Å²) in [6.07, 6.45) is 0. The topological polar surface area (TPSA) is 51.2 Å². The summed E-state index contributed by atoms with van der Waals surface area (Å²) in [5.41, 5.74) is 4.64. The zero-order chi connectivity index (χ0) is 33.5. The number of rotatable bonds is 2. The molecule has 1 unspecified atom stereocenters. The zero-order valence-corrected chi connectivity index (χ0v) is 26.6. The highest BCUT2D eigenvalue weighted by molar-refractivity contribution is 7.96. The van der Waals surface area contributed by atoms with E-state index in [1.54, 1.807) is 30.3 Å². The van der Waals surface area contributed by atoms with E-state index >= 15 is 0 Å². The molecule has 0 N–H and O–H groups in total. The van der Waals surface area contributed by atoms with E-state index in [1.807, 2.05) is 36.4 Å². The number of sulfone groups is 1. The number of hydrogen-bond acceptors (Lipinski definition) is 3. The molecular weight excluding hydrogens is 669 g/mol. The van der Waals surface area contributed by atoms with Crippen LogP contribution in [0, 0.1) is 23.3 Å². The van der Waals surface area contributed by atoms with Crippen molar-refractivity contribution in [3.8, 4) is 0 Å². The summed E-state index contributed by atoms with van der Waals surface area (Å²) in [4.78, 5) is 1.16. The predicted molar refractivity (Wildman–Crippen MR) is 179 cm³/mol. The molecule has 2 aliphatic heterocycles. The minimum absolute atomic E-state index is 0.0100. The lowest BCUT2D eigenvalue weighted by atomic mass is 9.93. The van der Waals surface area contributed by atoms with Gasteiger partial charge in [0.05, 0.1) is 30.4 Å². The minimum Gasteiger partial charge on any atom is -0.249 e. The molecule has 0 radical (unpaired) electrons. The van der Waals surface area contributed by atoms with Gasteiger partial charge in [0, 0.05) is 45.6 Å². The summed E-state index contributed by atoms with van der Waals surface area (Å²) < 4.78 is 101. The van der Waals surface area contributed by atoms with Crippen LogP contribution in [0.25, 0.3) is 33.1 Å². The average Bonchev–Trinajstić information content (AvgIpc) is 3.73. The van der Waals surface area contributed by atoms with Gasteiger partial charge in [-0.05, 0) is 104 Å². The molecule has 236 valence electrons. The molecule has 0 amide bonds. The SMILES string of the molecule is O=S1C2=C(c3ccccc31)c1cc3cc4c(cc3cc1=C2c1cc(F)cc(F)c1)C1=C(C=4c2cc(F)cc(F)c2)S(=O)(=O)c2ccccc21. The highest BCUT2D eigenvalue weighted by atomic mass is 32.2. The van der Waals surface area contributed by atoms with Gasteiger partial charge in [-0.25, -0.2) is 30.2 Å². The lowest BCUT2D eigenvalue weighted by Crippen LogP contribution is -2.15. The minimum atomic E-state index is -4.07. The Kier molecular flexibility index (Phi) is 5.62. The van der Waals surface area contributed by atoms with Crippen LogP contribution in [0.5, 0.6) is 0 Å². The van der Waals surface area contributed by atoms with E-state index in [0.29, 0.717) is 64.4 Å². The van der Waals surface area contributed by atoms with Crippen molar-refractivity contribution in [2.75, 3.05) is 0 Å². The molecule has 1 atom stereocenters. The molecule has 0 saturated heterocycles. The van der Waals surface area contributed by atoms with E-state index in [-0.39, 0.29) is 26.5 Å². The molecule has 0 aromatic heterocycles. The van der Waals surface area contributed by atoms with Crippen molar-refractivity contribution in [1.82, 2.24) is 0 Å². The molecule has 0 saturated carbocycles. The Morgan fingerprint density at radius 1 is 0.490 bits per heavy atom. The summed E-state index contributed by atoms with van der Waals surface area (Å²) in [5, 5.41) is 2.51. The van der Waals surface area contributed by atoms with Crippen molar-refractivity contribution in [3.63, 3.8) is 0 Å². The van der Waals surface area contributed by atoms with Gasteiger partial charge in [0.25, 0.3) is 0 Å². The molecule has 4 aliphatic rings. The van der Waals surface area contributed by atoms with Crippen LogP contribution in [0.1, 0.15) is 33.4 Å². The molecule has 0 bridgehead atoms. The number of fused-ring (bicyclic) bond motifs is 9. The second-order valence-corrected chi connectivity index (χ2v) is 15.6. The maximum atomic E-state index is 14.7. The van der Waals surface area contributed by atoms with E-state index in [4.69, 9.17) is 0 Å². The van der Waals surface area contributed by atoms with Gasteiger partial charge in [-0.1, -0.05) is 36.4 Å². The molecule has 3 nitrogen and oxygen atoms in total. The second-order valence-electron chi connectivity index (χ2n) is 12.4. The molecule has 2 heterocycles. The first-order valence-electron chi connectivity index (χ1n) is 15.3. The molecule has 0 spiro atoms. The van der Waals surface area contributed by atoms with Crippen molar-refractivity contribution >= 4 is 53.7 Å². The molecule has 6 aromatic carbocycles. The molecule has 49 heavy (non-hydrogen) atoms. The summed E-state index contributed by atoms with van der Waals surface area (Å²) >= 11 is 0. The van der Waals surface area contributed by atoms with Gasteiger partial charge >= 0.3 is 0 Å². The van der Waals surface area contributed by atoms with Gasteiger partial charge in [0.1, 0.15) is 23.3 Å². The van der Waals surface area contributed by atoms with Crippen LogP contribution >= 0.6 is 0 Å². The fourth-order valence-electron chi connectivity index (χ4n) is 7.84. The Bertz CT molecular complexity index is 2920. The maximum Gasteiger partial charge on any atom is 0.208 e. The smallest absolute Gasteiger partial charge is 0.208 e. The van der Waals surface area contributed by atoms with E-state index in [2.05, 4.69) is 0 Å². The molecule has 0 fully saturated rings. The van der Waals surface area contributed by atoms with Gasteiger partial charge in [0.15, 0.2) is 0 Å². The Morgan fingerprint density at radius 2 is 1.00 bits per heavy atom. The van der Waals surface area contributed by atoms with Crippen LogP contribution in [-0.2, 0) is 20.6 Å². The third-order valence-corrected chi connectivity index (χ3v) is 13.1. The van der Waals surface area contributed by atoms with Crippen LogP contribution in [-0.4, -0.2) is 12.6 Å². The molecular formula is C40H18F4O3S2. The fourth-order valence-corrected chi connectivity index (χ4v) is 11.4. The van der Waals surface area contributed by atoms with Crippen LogP contribution < -0.4 is 10.4 Å². The molecule has 9 heteroatoms. The second kappa shape index (κ2) is 9.62.